The van der Waals surface area contributed by atoms with Gasteiger partial charge in [-0.25, -0.2) is 0 Å². The minimum absolute atomic E-state index is 0.273. The monoisotopic (exact) mass is 182 g/mol. The van der Waals surface area contributed by atoms with Crippen molar-refractivity contribution in [3.8, 4) is 5.88 Å². The topological polar surface area (TPSA) is 38.5 Å². The molecule has 0 spiro atoms. The highest BCUT2D eigenvalue weighted by Gasteiger charge is 2.21. The van der Waals surface area contributed by atoms with E-state index in [4.69, 9.17) is 9.26 Å². The van der Waals surface area contributed by atoms with Gasteiger partial charge >= 0.3 is 0 Å². The molecule has 0 N–H and O–H groups in total. The van der Waals surface area contributed by atoms with Crippen LogP contribution in [0.1, 0.15) is 12.2 Å². The third-order valence-electron chi connectivity index (χ3n) is 2.24. The van der Waals surface area contributed by atoms with Gasteiger partial charge in [0.1, 0.15) is 11.9 Å². The lowest BCUT2D eigenvalue weighted by atomic mass is 10.3. The average Bonchev–Trinajstić information content (AvgIpc) is 2.62. The molecule has 72 valence electrons. The van der Waals surface area contributed by atoms with E-state index >= 15 is 0 Å². The molecule has 1 saturated heterocycles. The predicted molar refractivity (Wildman–Crippen MR) is 47.8 cm³/mol. The molecule has 1 aliphatic heterocycles. The van der Waals surface area contributed by atoms with E-state index in [0.717, 1.165) is 25.3 Å². The van der Waals surface area contributed by atoms with E-state index in [-0.39, 0.29) is 6.10 Å². The number of ether oxygens (including phenoxy) is 1. The summed E-state index contributed by atoms with van der Waals surface area (Å²) >= 11 is 0. The lowest BCUT2D eigenvalue weighted by Gasteiger charge is -2.10. The number of rotatable bonds is 2. The highest BCUT2D eigenvalue weighted by atomic mass is 16.5. The summed E-state index contributed by atoms with van der Waals surface area (Å²) in [7, 11) is 2.09. The molecule has 2 heterocycles. The lowest BCUT2D eigenvalue weighted by Crippen LogP contribution is -2.21. The Hall–Kier alpha value is -1.03. The summed E-state index contributed by atoms with van der Waals surface area (Å²) in [6.07, 6.45) is 1.34. The van der Waals surface area contributed by atoms with Gasteiger partial charge in [0.2, 0.25) is 0 Å². The maximum Gasteiger partial charge on any atom is 0.254 e. The van der Waals surface area contributed by atoms with Crippen LogP contribution in [-0.4, -0.2) is 36.3 Å². The van der Waals surface area contributed by atoms with E-state index in [1.165, 1.54) is 0 Å². The van der Waals surface area contributed by atoms with Gasteiger partial charge < -0.3 is 14.2 Å². The Morgan fingerprint density at radius 2 is 2.54 bits per heavy atom. The van der Waals surface area contributed by atoms with Crippen LogP contribution in [0.25, 0.3) is 0 Å². The van der Waals surface area contributed by atoms with Crippen molar-refractivity contribution in [2.24, 2.45) is 0 Å². The van der Waals surface area contributed by atoms with E-state index in [1.807, 2.05) is 13.0 Å². The second-order valence-electron chi connectivity index (χ2n) is 3.57. The molecule has 1 fully saturated rings. The molecular weight excluding hydrogens is 168 g/mol. The van der Waals surface area contributed by atoms with E-state index in [9.17, 15) is 0 Å². The second kappa shape index (κ2) is 3.38. The summed E-state index contributed by atoms with van der Waals surface area (Å²) < 4.78 is 10.5. The molecule has 0 saturated carbocycles. The van der Waals surface area contributed by atoms with Crippen LogP contribution in [0.2, 0.25) is 0 Å². The van der Waals surface area contributed by atoms with Gasteiger partial charge in [0.25, 0.3) is 5.88 Å². The summed E-state index contributed by atoms with van der Waals surface area (Å²) in [6.45, 7) is 3.94. The maximum absolute atomic E-state index is 5.62. The smallest absolute Gasteiger partial charge is 0.254 e. The first-order valence-electron chi connectivity index (χ1n) is 4.52. The quantitative estimate of drug-likeness (QED) is 0.685. The van der Waals surface area contributed by atoms with Crippen molar-refractivity contribution in [2.75, 3.05) is 20.1 Å². The Bertz CT molecular complexity index is 285. The van der Waals surface area contributed by atoms with Gasteiger partial charge in [0.15, 0.2) is 0 Å². The van der Waals surface area contributed by atoms with E-state index < -0.39 is 0 Å². The molecule has 4 heteroatoms. The van der Waals surface area contributed by atoms with Gasteiger partial charge in [0.05, 0.1) is 0 Å². The number of aryl methyl sites for hydroxylation is 1. The molecule has 1 unspecified atom stereocenters. The fourth-order valence-corrected chi connectivity index (χ4v) is 1.56. The molecule has 1 aliphatic rings. The van der Waals surface area contributed by atoms with Gasteiger partial charge in [-0.2, -0.15) is 0 Å². The minimum Gasteiger partial charge on any atom is -0.471 e. The first-order valence-corrected chi connectivity index (χ1v) is 4.52. The SMILES string of the molecule is Cc1cc(OC2CCN(C)C2)no1. The third kappa shape index (κ3) is 2.01. The first-order chi connectivity index (χ1) is 6.24. The van der Waals surface area contributed by atoms with Crippen molar-refractivity contribution in [2.45, 2.75) is 19.4 Å². The largest absolute Gasteiger partial charge is 0.471 e. The third-order valence-corrected chi connectivity index (χ3v) is 2.24. The highest BCUT2D eigenvalue weighted by molar-refractivity contribution is 5.10. The van der Waals surface area contributed by atoms with Crippen LogP contribution in [0, 0.1) is 6.92 Å². The van der Waals surface area contributed by atoms with Crippen molar-refractivity contribution >= 4 is 0 Å². The lowest BCUT2D eigenvalue weighted by molar-refractivity contribution is 0.189. The predicted octanol–water partition coefficient (Wildman–Crippen LogP) is 1.07. The number of hydrogen-bond donors (Lipinski definition) is 0. The molecule has 4 nitrogen and oxygen atoms in total. The Morgan fingerprint density at radius 3 is 3.08 bits per heavy atom. The van der Waals surface area contributed by atoms with Gasteiger partial charge in [-0.3, -0.25) is 0 Å². The summed E-state index contributed by atoms with van der Waals surface area (Å²) in [5, 5.41) is 3.79. The van der Waals surface area contributed by atoms with Crippen molar-refractivity contribution in [3.63, 3.8) is 0 Å². The molecule has 0 aliphatic carbocycles. The zero-order valence-electron chi connectivity index (χ0n) is 7.99. The Balaban J connectivity index is 1.91. The fourth-order valence-electron chi connectivity index (χ4n) is 1.56. The van der Waals surface area contributed by atoms with Crippen molar-refractivity contribution in [3.05, 3.63) is 11.8 Å². The Kier molecular flexibility index (Phi) is 2.22. The van der Waals surface area contributed by atoms with Gasteiger partial charge in [0, 0.05) is 19.2 Å². The summed E-state index contributed by atoms with van der Waals surface area (Å²) in [4.78, 5) is 2.25. The number of likely N-dealkylation sites (N-methyl/N-ethyl adjacent to an activating group) is 1. The molecule has 0 amide bonds. The number of aromatic nitrogens is 1. The summed E-state index contributed by atoms with van der Waals surface area (Å²) in [5.74, 6) is 1.40. The first kappa shape index (κ1) is 8.56. The number of likely N-dealkylation sites (tertiary alicyclic amines) is 1. The van der Waals surface area contributed by atoms with Crippen LogP contribution < -0.4 is 4.74 Å². The van der Waals surface area contributed by atoms with E-state index in [2.05, 4.69) is 17.1 Å². The van der Waals surface area contributed by atoms with Crippen molar-refractivity contribution in [1.82, 2.24) is 10.1 Å². The zero-order chi connectivity index (χ0) is 9.26. The standard InChI is InChI=1S/C9H14N2O2/c1-7-5-9(10-13-7)12-8-3-4-11(2)6-8/h5,8H,3-4,6H2,1-2H3. The minimum atomic E-state index is 0.273. The van der Waals surface area contributed by atoms with Crippen LogP contribution in [0.15, 0.2) is 10.6 Å². The Morgan fingerprint density at radius 1 is 1.69 bits per heavy atom. The van der Waals surface area contributed by atoms with Crippen molar-refractivity contribution < 1.29 is 9.26 Å². The van der Waals surface area contributed by atoms with Crippen LogP contribution in [0.5, 0.6) is 5.88 Å². The summed E-state index contributed by atoms with van der Waals surface area (Å²) in [5.41, 5.74) is 0. The van der Waals surface area contributed by atoms with Crippen molar-refractivity contribution in [1.29, 1.82) is 0 Å². The molecule has 1 aromatic rings. The fraction of sp³-hybridized carbons (Fsp3) is 0.667. The number of nitrogens with zero attached hydrogens (tertiary/aromatic N) is 2. The van der Waals surface area contributed by atoms with E-state index in [1.54, 1.807) is 0 Å². The number of hydrogen-bond acceptors (Lipinski definition) is 4. The Labute approximate surface area is 77.5 Å². The molecule has 13 heavy (non-hydrogen) atoms. The normalized spacial score (nSPS) is 23.7. The highest BCUT2D eigenvalue weighted by Crippen LogP contribution is 2.16. The molecule has 1 aromatic heterocycles. The van der Waals surface area contributed by atoms with Crippen LogP contribution in [0.3, 0.4) is 0 Å². The van der Waals surface area contributed by atoms with Crippen LogP contribution >= 0.6 is 0 Å². The molecule has 0 radical (unpaired) electrons. The molecular formula is C9H14N2O2. The van der Waals surface area contributed by atoms with Gasteiger partial charge in [-0.15, -0.1) is 0 Å². The molecule has 1 atom stereocenters. The molecule has 0 bridgehead atoms. The maximum atomic E-state index is 5.62. The van der Waals surface area contributed by atoms with Crippen LogP contribution in [0.4, 0.5) is 0 Å². The van der Waals surface area contributed by atoms with E-state index in [0.29, 0.717) is 5.88 Å². The van der Waals surface area contributed by atoms with Gasteiger partial charge in [-0.1, -0.05) is 0 Å². The summed E-state index contributed by atoms with van der Waals surface area (Å²) in [6, 6.07) is 1.82. The zero-order valence-corrected chi connectivity index (χ0v) is 7.99. The van der Waals surface area contributed by atoms with Gasteiger partial charge in [-0.05, 0) is 25.5 Å². The average molecular weight is 182 g/mol. The molecule has 0 aromatic carbocycles. The molecule has 2 rings (SSSR count). The van der Waals surface area contributed by atoms with Crippen LogP contribution in [-0.2, 0) is 0 Å². The second-order valence-corrected chi connectivity index (χ2v) is 3.57.